The zero-order chi connectivity index (χ0) is 13.5. The second-order valence-electron chi connectivity index (χ2n) is 6.14. The lowest BCUT2D eigenvalue weighted by atomic mass is 10.2. The SMILES string of the molecule is CN(c1nc2sccn2c1CNC1CC1)C1CCCC1. The van der Waals surface area contributed by atoms with Crippen LogP contribution in [0, 0.1) is 0 Å². The lowest BCUT2D eigenvalue weighted by Crippen LogP contribution is -2.30. The third-order valence-corrected chi connectivity index (χ3v) is 5.44. The van der Waals surface area contributed by atoms with E-state index in [-0.39, 0.29) is 0 Å². The van der Waals surface area contributed by atoms with Crippen LogP contribution in [0.25, 0.3) is 4.96 Å². The topological polar surface area (TPSA) is 32.6 Å². The molecule has 20 heavy (non-hydrogen) atoms. The molecule has 2 aromatic heterocycles. The first kappa shape index (κ1) is 12.7. The molecule has 0 aliphatic heterocycles. The molecule has 0 atom stereocenters. The van der Waals surface area contributed by atoms with Crippen LogP contribution >= 0.6 is 11.3 Å². The van der Waals surface area contributed by atoms with Gasteiger partial charge in [-0.3, -0.25) is 4.40 Å². The van der Waals surface area contributed by atoms with Crippen LogP contribution in [0.4, 0.5) is 5.82 Å². The van der Waals surface area contributed by atoms with Crippen LogP contribution in [0.15, 0.2) is 11.6 Å². The summed E-state index contributed by atoms with van der Waals surface area (Å²) < 4.78 is 2.26. The number of anilines is 1. The molecule has 2 fully saturated rings. The Hall–Kier alpha value is -1.07. The first-order valence-corrected chi connectivity index (χ1v) is 8.61. The van der Waals surface area contributed by atoms with E-state index in [4.69, 9.17) is 4.98 Å². The Morgan fingerprint density at radius 3 is 2.90 bits per heavy atom. The number of rotatable bonds is 5. The Morgan fingerprint density at radius 1 is 1.35 bits per heavy atom. The van der Waals surface area contributed by atoms with E-state index in [0.717, 1.165) is 17.5 Å². The molecule has 4 nitrogen and oxygen atoms in total. The highest BCUT2D eigenvalue weighted by molar-refractivity contribution is 7.15. The summed E-state index contributed by atoms with van der Waals surface area (Å²) in [5.74, 6) is 1.19. The molecule has 0 saturated heterocycles. The maximum atomic E-state index is 4.88. The zero-order valence-corrected chi connectivity index (χ0v) is 12.8. The second kappa shape index (κ2) is 5.04. The number of hydrogen-bond donors (Lipinski definition) is 1. The van der Waals surface area contributed by atoms with E-state index < -0.39 is 0 Å². The van der Waals surface area contributed by atoms with Crippen molar-refractivity contribution in [2.75, 3.05) is 11.9 Å². The van der Waals surface area contributed by atoms with Gasteiger partial charge in [-0.25, -0.2) is 4.98 Å². The molecule has 2 heterocycles. The maximum Gasteiger partial charge on any atom is 0.195 e. The van der Waals surface area contributed by atoms with Gasteiger partial charge in [0.1, 0.15) is 0 Å². The minimum Gasteiger partial charge on any atom is -0.355 e. The number of imidazole rings is 1. The first-order valence-electron chi connectivity index (χ1n) is 7.73. The minimum absolute atomic E-state index is 0.680. The van der Waals surface area contributed by atoms with E-state index in [1.807, 2.05) is 0 Å². The highest BCUT2D eigenvalue weighted by atomic mass is 32.1. The van der Waals surface area contributed by atoms with Gasteiger partial charge in [-0.15, -0.1) is 11.3 Å². The molecule has 2 aliphatic carbocycles. The normalized spacial score (nSPS) is 20.1. The molecule has 0 bridgehead atoms. The number of nitrogens with one attached hydrogen (secondary N) is 1. The molecule has 2 aromatic rings. The van der Waals surface area contributed by atoms with Crippen molar-refractivity contribution in [1.82, 2.24) is 14.7 Å². The van der Waals surface area contributed by atoms with E-state index in [0.29, 0.717) is 6.04 Å². The van der Waals surface area contributed by atoms with Crippen molar-refractivity contribution in [2.24, 2.45) is 0 Å². The molecule has 4 rings (SSSR count). The van der Waals surface area contributed by atoms with E-state index in [1.54, 1.807) is 11.3 Å². The molecule has 0 unspecified atom stereocenters. The van der Waals surface area contributed by atoms with Crippen LogP contribution < -0.4 is 10.2 Å². The van der Waals surface area contributed by atoms with Gasteiger partial charge in [-0.2, -0.15) is 0 Å². The average Bonchev–Trinajstić information content (AvgIpc) is 2.90. The van der Waals surface area contributed by atoms with Gasteiger partial charge in [0, 0.05) is 37.3 Å². The van der Waals surface area contributed by atoms with Gasteiger partial charge >= 0.3 is 0 Å². The molecule has 108 valence electrons. The zero-order valence-electron chi connectivity index (χ0n) is 12.0. The number of hydrogen-bond acceptors (Lipinski definition) is 4. The summed E-state index contributed by atoms with van der Waals surface area (Å²) in [7, 11) is 2.23. The summed E-state index contributed by atoms with van der Waals surface area (Å²) in [6.07, 6.45) is 10.2. The highest BCUT2D eigenvalue weighted by Crippen LogP contribution is 2.31. The van der Waals surface area contributed by atoms with Crippen LogP contribution in [-0.2, 0) is 6.54 Å². The van der Waals surface area contributed by atoms with Crippen molar-refractivity contribution in [3.05, 3.63) is 17.3 Å². The molecule has 0 radical (unpaired) electrons. The number of thiazole rings is 1. The van der Waals surface area contributed by atoms with Gasteiger partial charge in [0.15, 0.2) is 10.8 Å². The summed E-state index contributed by atoms with van der Waals surface area (Å²) in [5, 5.41) is 5.77. The lowest BCUT2D eigenvalue weighted by Gasteiger charge is -2.25. The van der Waals surface area contributed by atoms with Crippen molar-refractivity contribution in [3.8, 4) is 0 Å². The highest BCUT2D eigenvalue weighted by Gasteiger charge is 2.26. The van der Waals surface area contributed by atoms with Gasteiger partial charge in [0.25, 0.3) is 0 Å². The van der Waals surface area contributed by atoms with Crippen LogP contribution in [0.3, 0.4) is 0 Å². The molecule has 0 spiro atoms. The second-order valence-corrected chi connectivity index (χ2v) is 7.02. The summed E-state index contributed by atoms with van der Waals surface area (Å²) in [4.78, 5) is 8.43. The smallest absolute Gasteiger partial charge is 0.195 e. The fourth-order valence-electron chi connectivity index (χ4n) is 3.26. The summed E-state index contributed by atoms with van der Waals surface area (Å²) in [6.45, 7) is 0.939. The predicted molar refractivity (Wildman–Crippen MR) is 83.6 cm³/mol. The van der Waals surface area contributed by atoms with Crippen molar-refractivity contribution in [1.29, 1.82) is 0 Å². The monoisotopic (exact) mass is 290 g/mol. The molecular formula is C15H22N4S. The summed E-state index contributed by atoms with van der Waals surface area (Å²) in [6, 6.07) is 1.42. The van der Waals surface area contributed by atoms with Gasteiger partial charge < -0.3 is 10.2 Å². The molecular weight excluding hydrogens is 268 g/mol. The van der Waals surface area contributed by atoms with E-state index in [2.05, 4.69) is 33.2 Å². The van der Waals surface area contributed by atoms with Gasteiger partial charge in [-0.05, 0) is 25.7 Å². The standard InChI is InChI=1S/C15H22N4S/c1-18(12-4-2-3-5-12)14-13(10-16-11-6-7-11)19-8-9-20-15(19)17-14/h8-9,11-12,16H,2-7,10H2,1H3. The predicted octanol–water partition coefficient (Wildman–Crippen LogP) is 3.03. The number of fused-ring (bicyclic) bond motifs is 1. The maximum absolute atomic E-state index is 4.88. The van der Waals surface area contributed by atoms with E-state index in [1.165, 1.54) is 50.0 Å². The quantitative estimate of drug-likeness (QED) is 0.918. The fourth-order valence-corrected chi connectivity index (χ4v) is 3.99. The summed E-state index contributed by atoms with van der Waals surface area (Å²) in [5.41, 5.74) is 1.34. The fraction of sp³-hybridized carbons (Fsp3) is 0.667. The number of aromatic nitrogens is 2. The Morgan fingerprint density at radius 2 is 2.15 bits per heavy atom. The Bertz CT molecular complexity index is 592. The molecule has 0 amide bonds. The van der Waals surface area contributed by atoms with Crippen LogP contribution in [-0.4, -0.2) is 28.5 Å². The molecule has 1 N–H and O–H groups in total. The number of nitrogens with zero attached hydrogens (tertiary/aromatic N) is 3. The minimum atomic E-state index is 0.680. The van der Waals surface area contributed by atoms with Crippen molar-refractivity contribution < 1.29 is 0 Å². The Kier molecular flexibility index (Phi) is 3.19. The molecule has 0 aromatic carbocycles. The van der Waals surface area contributed by atoms with Crippen molar-refractivity contribution in [3.63, 3.8) is 0 Å². The van der Waals surface area contributed by atoms with Crippen LogP contribution in [0.2, 0.25) is 0 Å². The van der Waals surface area contributed by atoms with Crippen LogP contribution in [0.5, 0.6) is 0 Å². The molecule has 2 saturated carbocycles. The van der Waals surface area contributed by atoms with E-state index >= 15 is 0 Å². The Balaban J connectivity index is 1.64. The third kappa shape index (κ3) is 2.23. The van der Waals surface area contributed by atoms with E-state index in [9.17, 15) is 0 Å². The van der Waals surface area contributed by atoms with Gasteiger partial charge in [0.05, 0.1) is 5.69 Å². The first-order chi connectivity index (χ1) is 9.83. The molecule has 5 heteroatoms. The lowest BCUT2D eigenvalue weighted by molar-refractivity contribution is 0.631. The average molecular weight is 290 g/mol. The third-order valence-electron chi connectivity index (χ3n) is 4.68. The largest absolute Gasteiger partial charge is 0.355 e. The molecule has 2 aliphatic rings. The van der Waals surface area contributed by atoms with Crippen molar-refractivity contribution in [2.45, 2.75) is 57.2 Å². The van der Waals surface area contributed by atoms with Crippen molar-refractivity contribution >= 4 is 22.1 Å². The van der Waals surface area contributed by atoms with Gasteiger partial charge in [-0.1, -0.05) is 12.8 Å². The summed E-state index contributed by atoms with van der Waals surface area (Å²) >= 11 is 1.73. The van der Waals surface area contributed by atoms with Crippen LogP contribution in [0.1, 0.15) is 44.2 Å². The van der Waals surface area contributed by atoms with Gasteiger partial charge in [0.2, 0.25) is 0 Å². The Labute approximate surface area is 123 Å².